The third-order valence-corrected chi connectivity index (χ3v) is 4.16. The average molecular weight is 358 g/mol. The Kier molecular flexibility index (Phi) is 5.68. The van der Waals surface area contributed by atoms with Crippen LogP contribution in [0.15, 0.2) is 48.5 Å². The Morgan fingerprint density at radius 3 is 2.72 bits per heavy atom. The number of halogens is 1. The van der Waals surface area contributed by atoms with E-state index in [9.17, 15) is 4.79 Å². The van der Waals surface area contributed by atoms with E-state index in [4.69, 9.17) is 16.3 Å². The van der Waals surface area contributed by atoms with Gasteiger partial charge < -0.3 is 14.6 Å². The van der Waals surface area contributed by atoms with Gasteiger partial charge in [0.1, 0.15) is 5.82 Å². The molecule has 0 saturated heterocycles. The first-order valence-corrected chi connectivity index (χ1v) is 8.62. The maximum Gasteiger partial charge on any atom is 0.251 e. The molecule has 1 aromatic heterocycles. The summed E-state index contributed by atoms with van der Waals surface area (Å²) in [7, 11) is 0. The minimum atomic E-state index is -0.153. The van der Waals surface area contributed by atoms with Crippen molar-refractivity contribution in [3.63, 3.8) is 0 Å². The van der Waals surface area contributed by atoms with Gasteiger partial charge in [-0.1, -0.05) is 23.7 Å². The highest BCUT2D eigenvalue weighted by molar-refractivity contribution is 6.30. The average Bonchev–Trinajstić information content (AvgIpc) is 2.98. The predicted molar refractivity (Wildman–Crippen MR) is 98.8 cm³/mol. The molecule has 25 heavy (non-hydrogen) atoms. The van der Waals surface area contributed by atoms with Crippen LogP contribution in [0, 0.1) is 0 Å². The minimum absolute atomic E-state index is 0.153. The first-order chi connectivity index (χ1) is 12.2. The molecule has 5 nitrogen and oxygen atoms in total. The lowest BCUT2D eigenvalue weighted by molar-refractivity contribution is 0.0949. The van der Waals surface area contributed by atoms with Crippen molar-refractivity contribution in [2.75, 3.05) is 13.2 Å². The van der Waals surface area contributed by atoms with Crippen molar-refractivity contribution in [2.24, 2.45) is 0 Å². The monoisotopic (exact) mass is 357 g/mol. The lowest BCUT2D eigenvalue weighted by Gasteiger charge is -2.10. The number of para-hydroxylation sites is 2. The molecule has 0 radical (unpaired) electrons. The molecule has 0 fully saturated rings. The van der Waals surface area contributed by atoms with E-state index in [0.29, 0.717) is 36.9 Å². The van der Waals surface area contributed by atoms with Gasteiger partial charge in [0.15, 0.2) is 0 Å². The maximum absolute atomic E-state index is 12.3. The van der Waals surface area contributed by atoms with E-state index in [0.717, 1.165) is 16.9 Å². The number of nitrogens with zero attached hydrogens (tertiary/aromatic N) is 2. The van der Waals surface area contributed by atoms with Gasteiger partial charge in [-0.3, -0.25) is 4.79 Å². The van der Waals surface area contributed by atoms with Gasteiger partial charge in [0, 0.05) is 23.7 Å². The van der Waals surface area contributed by atoms with E-state index < -0.39 is 0 Å². The fourth-order valence-electron chi connectivity index (χ4n) is 2.67. The molecule has 0 bridgehead atoms. The highest BCUT2D eigenvalue weighted by Gasteiger charge is 2.12. The van der Waals surface area contributed by atoms with Crippen LogP contribution in [0.25, 0.3) is 11.0 Å². The molecule has 0 unspecified atom stereocenters. The fourth-order valence-corrected chi connectivity index (χ4v) is 2.80. The van der Waals surface area contributed by atoms with Crippen LogP contribution in [-0.4, -0.2) is 28.7 Å². The number of amides is 1. The second kappa shape index (κ2) is 8.14. The van der Waals surface area contributed by atoms with Crippen LogP contribution >= 0.6 is 11.6 Å². The van der Waals surface area contributed by atoms with Gasteiger partial charge in [-0.25, -0.2) is 4.98 Å². The molecule has 6 heteroatoms. The van der Waals surface area contributed by atoms with Gasteiger partial charge in [0.25, 0.3) is 5.91 Å². The molecule has 1 heterocycles. The van der Waals surface area contributed by atoms with E-state index >= 15 is 0 Å². The molecule has 1 amide bonds. The van der Waals surface area contributed by atoms with Crippen LogP contribution in [-0.2, 0) is 17.8 Å². The number of nitrogens with one attached hydrogen (secondary N) is 1. The fraction of sp³-hybridized carbons (Fsp3) is 0.263. The summed E-state index contributed by atoms with van der Waals surface area (Å²) in [6, 6.07) is 14.7. The number of imidazole rings is 1. The Morgan fingerprint density at radius 2 is 1.96 bits per heavy atom. The van der Waals surface area contributed by atoms with Crippen molar-refractivity contribution in [1.82, 2.24) is 14.9 Å². The van der Waals surface area contributed by atoms with Crippen molar-refractivity contribution in [3.8, 4) is 0 Å². The van der Waals surface area contributed by atoms with Crippen LogP contribution in [0.3, 0.4) is 0 Å². The van der Waals surface area contributed by atoms with Crippen LogP contribution < -0.4 is 5.32 Å². The Balaban J connectivity index is 1.76. The zero-order chi connectivity index (χ0) is 17.6. The quantitative estimate of drug-likeness (QED) is 0.656. The normalized spacial score (nSPS) is 11.0. The second-order valence-electron chi connectivity index (χ2n) is 5.55. The molecule has 2 aromatic carbocycles. The van der Waals surface area contributed by atoms with Crippen LogP contribution in [0.2, 0.25) is 5.02 Å². The number of carbonyl (C=O) groups excluding carboxylic acids is 1. The highest BCUT2D eigenvalue weighted by atomic mass is 35.5. The lowest BCUT2D eigenvalue weighted by atomic mass is 10.2. The summed E-state index contributed by atoms with van der Waals surface area (Å²) in [5, 5.41) is 3.53. The summed E-state index contributed by atoms with van der Waals surface area (Å²) in [5.41, 5.74) is 2.52. The van der Waals surface area contributed by atoms with Gasteiger partial charge in [0.2, 0.25) is 0 Å². The molecular weight excluding hydrogens is 338 g/mol. The summed E-state index contributed by atoms with van der Waals surface area (Å²) in [6.45, 7) is 4.30. The molecule has 0 aliphatic rings. The topological polar surface area (TPSA) is 56.1 Å². The van der Waals surface area contributed by atoms with Crippen molar-refractivity contribution >= 4 is 28.5 Å². The van der Waals surface area contributed by atoms with E-state index in [2.05, 4.69) is 14.9 Å². The number of hydrogen-bond donors (Lipinski definition) is 1. The maximum atomic E-state index is 12.3. The largest absolute Gasteiger partial charge is 0.380 e. The third-order valence-electron chi connectivity index (χ3n) is 3.91. The van der Waals surface area contributed by atoms with Crippen LogP contribution in [0.1, 0.15) is 23.1 Å². The second-order valence-corrected chi connectivity index (χ2v) is 5.99. The van der Waals surface area contributed by atoms with Gasteiger partial charge in [-0.2, -0.15) is 0 Å². The molecule has 0 spiro atoms. The molecule has 0 aliphatic heterocycles. The zero-order valence-electron chi connectivity index (χ0n) is 14.0. The summed E-state index contributed by atoms with van der Waals surface area (Å²) >= 11 is 5.86. The van der Waals surface area contributed by atoms with Gasteiger partial charge in [-0.05, 0) is 43.3 Å². The first-order valence-electron chi connectivity index (χ1n) is 8.24. The summed E-state index contributed by atoms with van der Waals surface area (Å²) < 4.78 is 7.56. The van der Waals surface area contributed by atoms with E-state index in [1.807, 2.05) is 31.2 Å². The van der Waals surface area contributed by atoms with E-state index in [-0.39, 0.29) is 5.91 Å². The predicted octanol–water partition coefficient (Wildman–Crippen LogP) is 3.66. The Hall–Kier alpha value is -2.37. The highest BCUT2D eigenvalue weighted by Crippen LogP contribution is 2.16. The number of rotatable bonds is 7. The first kappa shape index (κ1) is 17.5. The smallest absolute Gasteiger partial charge is 0.251 e. The van der Waals surface area contributed by atoms with E-state index in [1.54, 1.807) is 24.3 Å². The van der Waals surface area contributed by atoms with Gasteiger partial charge >= 0.3 is 0 Å². The molecule has 130 valence electrons. The van der Waals surface area contributed by atoms with Crippen molar-refractivity contribution in [1.29, 1.82) is 0 Å². The Bertz CT molecular complexity index is 859. The zero-order valence-corrected chi connectivity index (χ0v) is 14.8. The standard InChI is InChI=1S/C19H20ClN3O2/c1-2-25-12-11-23-17-6-4-3-5-16(17)22-18(23)13-21-19(24)14-7-9-15(20)10-8-14/h3-10H,2,11-13H2,1H3,(H,21,24). The number of carbonyl (C=O) groups is 1. The molecule has 0 aliphatic carbocycles. The van der Waals surface area contributed by atoms with Crippen molar-refractivity contribution in [3.05, 3.63) is 64.9 Å². The number of benzene rings is 2. The van der Waals surface area contributed by atoms with Gasteiger partial charge in [0.05, 0.1) is 24.2 Å². The Labute approximate surface area is 151 Å². The molecule has 0 saturated carbocycles. The number of fused-ring (bicyclic) bond motifs is 1. The van der Waals surface area contributed by atoms with Crippen molar-refractivity contribution in [2.45, 2.75) is 20.0 Å². The number of ether oxygens (including phenoxy) is 1. The van der Waals surface area contributed by atoms with Crippen LogP contribution in [0.4, 0.5) is 0 Å². The summed E-state index contributed by atoms with van der Waals surface area (Å²) in [5.74, 6) is 0.656. The summed E-state index contributed by atoms with van der Waals surface area (Å²) in [6.07, 6.45) is 0. The molecule has 0 atom stereocenters. The van der Waals surface area contributed by atoms with E-state index in [1.165, 1.54) is 0 Å². The lowest BCUT2D eigenvalue weighted by Crippen LogP contribution is -2.25. The molecule has 1 N–H and O–H groups in total. The SMILES string of the molecule is CCOCCn1c(CNC(=O)c2ccc(Cl)cc2)nc2ccccc21. The number of aromatic nitrogens is 2. The minimum Gasteiger partial charge on any atom is -0.380 e. The third kappa shape index (κ3) is 4.18. The molecule has 3 aromatic rings. The molecule has 3 rings (SSSR count). The molecular formula is C19H20ClN3O2. The van der Waals surface area contributed by atoms with Crippen LogP contribution in [0.5, 0.6) is 0 Å². The number of hydrogen-bond acceptors (Lipinski definition) is 3. The van der Waals surface area contributed by atoms with Gasteiger partial charge in [-0.15, -0.1) is 0 Å². The summed E-state index contributed by atoms with van der Waals surface area (Å²) in [4.78, 5) is 16.9. The Morgan fingerprint density at radius 1 is 1.20 bits per heavy atom. The van der Waals surface area contributed by atoms with Crippen molar-refractivity contribution < 1.29 is 9.53 Å².